The summed E-state index contributed by atoms with van der Waals surface area (Å²) in [5.41, 5.74) is 5.47. The van der Waals surface area contributed by atoms with Crippen molar-refractivity contribution in [2.75, 3.05) is 13.1 Å². The summed E-state index contributed by atoms with van der Waals surface area (Å²) >= 11 is 0. The van der Waals surface area contributed by atoms with Gasteiger partial charge in [-0.25, -0.2) is 9.37 Å². The van der Waals surface area contributed by atoms with E-state index in [9.17, 15) is 4.39 Å². The summed E-state index contributed by atoms with van der Waals surface area (Å²) in [5.74, 6) is 0.183. The fraction of sp³-hybridized carbons (Fsp3) is 0.368. The lowest BCUT2D eigenvalue weighted by atomic mass is 9.90. The van der Waals surface area contributed by atoms with E-state index in [0.29, 0.717) is 5.92 Å². The molecule has 1 aliphatic rings. The van der Waals surface area contributed by atoms with Gasteiger partial charge in [0.05, 0.1) is 18.2 Å². The van der Waals surface area contributed by atoms with Crippen LogP contribution in [-0.4, -0.2) is 38.2 Å². The zero-order valence-electron chi connectivity index (χ0n) is 14.3. The molecule has 130 valence electrons. The number of piperidine rings is 1. The van der Waals surface area contributed by atoms with Crippen LogP contribution in [0.25, 0.3) is 11.1 Å². The molecule has 0 saturated carbocycles. The van der Waals surface area contributed by atoms with E-state index < -0.39 is 0 Å². The molecule has 0 bridgehead atoms. The van der Waals surface area contributed by atoms with Gasteiger partial charge < -0.3 is 4.98 Å². The maximum Gasteiger partial charge on any atom is 0.123 e. The van der Waals surface area contributed by atoms with E-state index in [1.54, 1.807) is 6.33 Å². The molecule has 0 radical (unpaired) electrons. The van der Waals surface area contributed by atoms with Crippen LogP contribution >= 0.6 is 0 Å². The van der Waals surface area contributed by atoms with Gasteiger partial charge in [0.25, 0.3) is 0 Å². The molecule has 2 aromatic heterocycles. The van der Waals surface area contributed by atoms with Crippen molar-refractivity contribution in [3.8, 4) is 11.1 Å². The number of hydrogen-bond acceptors (Lipinski definition) is 3. The molecule has 1 aliphatic heterocycles. The Morgan fingerprint density at radius 3 is 2.88 bits per heavy atom. The first-order valence-electron chi connectivity index (χ1n) is 8.71. The number of H-pyrrole nitrogens is 2. The predicted octanol–water partition coefficient (Wildman–Crippen LogP) is 3.63. The fourth-order valence-electron chi connectivity index (χ4n) is 3.66. The highest BCUT2D eigenvalue weighted by atomic mass is 19.1. The summed E-state index contributed by atoms with van der Waals surface area (Å²) in [6, 6.07) is 6.63. The van der Waals surface area contributed by atoms with Crippen LogP contribution in [0.5, 0.6) is 0 Å². The number of halogens is 1. The van der Waals surface area contributed by atoms with Crippen LogP contribution in [0.4, 0.5) is 4.39 Å². The lowest BCUT2D eigenvalue weighted by molar-refractivity contribution is 0.196. The average molecular weight is 339 g/mol. The molecule has 0 amide bonds. The van der Waals surface area contributed by atoms with Gasteiger partial charge >= 0.3 is 0 Å². The molecule has 3 aromatic rings. The molecule has 3 heterocycles. The lowest BCUT2D eigenvalue weighted by Gasteiger charge is -2.32. The number of benzene rings is 1. The molecule has 0 spiro atoms. The van der Waals surface area contributed by atoms with Crippen molar-refractivity contribution in [3.63, 3.8) is 0 Å². The molecule has 1 saturated heterocycles. The van der Waals surface area contributed by atoms with E-state index in [2.05, 4.69) is 32.0 Å². The Morgan fingerprint density at radius 1 is 1.28 bits per heavy atom. The van der Waals surface area contributed by atoms with Crippen LogP contribution in [-0.2, 0) is 6.54 Å². The van der Waals surface area contributed by atoms with E-state index >= 15 is 0 Å². The molecule has 6 heteroatoms. The second-order valence-corrected chi connectivity index (χ2v) is 6.75. The Bertz CT molecular complexity index is 836. The van der Waals surface area contributed by atoms with E-state index in [-0.39, 0.29) is 5.82 Å². The van der Waals surface area contributed by atoms with Crippen molar-refractivity contribution in [1.82, 2.24) is 25.1 Å². The monoisotopic (exact) mass is 339 g/mol. The first kappa shape index (κ1) is 16.0. The van der Waals surface area contributed by atoms with Crippen molar-refractivity contribution in [2.45, 2.75) is 32.2 Å². The molecule has 1 fully saturated rings. The Labute approximate surface area is 146 Å². The maximum atomic E-state index is 13.2. The van der Waals surface area contributed by atoms with Crippen molar-refractivity contribution in [1.29, 1.82) is 0 Å². The van der Waals surface area contributed by atoms with E-state index in [0.717, 1.165) is 60.7 Å². The lowest BCUT2D eigenvalue weighted by Crippen LogP contribution is -2.34. The van der Waals surface area contributed by atoms with Gasteiger partial charge in [0.15, 0.2) is 0 Å². The highest BCUT2D eigenvalue weighted by molar-refractivity contribution is 5.65. The molecule has 0 unspecified atom stereocenters. The number of aromatic nitrogens is 4. The predicted molar refractivity (Wildman–Crippen MR) is 94.6 cm³/mol. The van der Waals surface area contributed by atoms with Crippen LogP contribution < -0.4 is 0 Å². The number of nitrogens with zero attached hydrogens (tertiary/aromatic N) is 3. The minimum absolute atomic E-state index is 0.216. The number of nitrogens with one attached hydrogen (secondary N) is 2. The molecule has 2 N–H and O–H groups in total. The summed E-state index contributed by atoms with van der Waals surface area (Å²) in [7, 11) is 0. The van der Waals surface area contributed by atoms with Gasteiger partial charge in [-0.15, -0.1) is 0 Å². The largest absolute Gasteiger partial charge is 0.348 e. The molecule has 5 nitrogen and oxygen atoms in total. The van der Waals surface area contributed by atoms with Crippen molar-refractivity contribution < 1.29 is 4.39 Å². The third-order valence-electron chi connectivity index (χ3n) is 5.05. The van der Waals surface area contributed by atoms with Crippen molar-refractivity contribution >= 4 is 0 Å². The van der Waals surface area contributed by atoms with Gasteiger partial charge in [-0.2, -0.15) is 5.10 Å². The zero-order chi connectivity index (χ0) is 17.2. The minimum Gasteiger partial charge on any atom is -0.348 e. The standard InChI is InChI=1S/C19H22FN5/c1-13-18(22-12-21-13)11-25-8-2-3-15(10-25)19-17(9-23-24-19)14-4-6-16(20)7-5-14/h4-7,9,12,15H,2-3,8,10-11H2,1H3,(H,21,22)(H,23,24)/t15-/m0/s1. The van der Waals surface area contributed by atoms with Gasteiger partial charge in [0, 0.05) is 36.0 Å². The van der Waals surface area contributed by atoms with Gasteiger partial charge in [-0.05, 0) is 44.0 Å². The van der Waals surface area contributed by atoms with Crippen LogP contribution in [0.2, 0.25) is 0 Å². The van der Waals surface area contributed by atoms with Gasteiger partial charge in [0.2, 0.25) is 0 Å². The first-order chi connectivity index (χ1) is 12.2. The zero-order valence-corrected chi connectivity index (χ0v) is 14.3. The molecule has 25 heavy (non-hydrogen) atoms. The quantitative estimate of drug-likeness (QED) is 0.763. The Balaban J connectivity index is 1.53. The highest BCUT2D eigenvalue weighted by Crippen LogP contribution is 2.33. The number of rotatable bonds is 4. The Morgan fingerprint density at radius 2 is 2.12 bits per heavy atom. The first-order valence-corrected chi connectivity index (χ1v) is 8.71. The molecular weight excluding hydrogens is 317 g/mol. The second-order valence-electron chi connectivity index (χ2n) is 6.75. The number of imidazole rings is 1. The number of aromatic amines is 2. The smallest absolute Gasteiger partial charge is 0.123 e. The summed E-state index contributed by atoms with van der Waals surface area (Å²) in [5, 5.41) is 7.44. The highest BCUT2D eigenvalue weighted by Gasteiger charge is 2.25. The number of likely N-dealkylation sites (tertiary alicyclic amines) is 1. The van der Waals surface area contributed by atoms with E-state index in [1.807, 2.05) is 18.3 Å². The van der Waals surface area contributed by atoms with Crippen LogP contribution in [0, 0.1) is 12.7 Å². The molecule has 1 atom stereocenters. The number of aryl methyl sites for hydroxylation is 1. The van der Waals surface area contributed by atoms with E-state index in [4.69, 9.17) is 0 Å². The van der Waals surface area contributed by atoms with Gasteiger partial charge in [-0.1, -0.05) is 12.1 Å². The van der Waals surface area contributed by atoms with Gasteiger partial charge in [-0.3, -0.25) is 10.00 Å². The molecule has 4 rings (SSSR count). The second kappa shape index (κ2) is 6.80. The third kappa shape index (κ3) is 3.35. The molecular formula is C19H22FN5. The van der Waals surface area contributed by atoms with Crippen LogP contribution in [0.3, 0.4) is 0 Å². The van der Waals surface area contributed by atoms with Crippen molar-refractivity contribution in [2.24, 2.45) is 0 Å². The summed E-state index contributed by atoms with van der Waals surface area (Å²) in [6.07, 6.45) is 5.88. The Hall–Kier alpha value is -2.47. The van der Waals surface area contributed by atoms with Crippen LogP contribution in [0.15, 0.2) is 36.8 Å². The van der Waals surface area contributed by atoms with E-state index in [1.165, 1.54) is 12.1 Å². The van der Waals surface area contributed by atoms with Crippen LogP contribution in [0.1, 0.15) is 35.8 Å². The Kier molecular flexibility index (Phi) is 4.36. The van der Waals surface area contributed by atoms with Gasteiger partial charge in [0.1, 0.15) is 5.82 Å². The summed E-state index contributed by atoms with van der Waals surface area (Å²) in [4.78, 5) is 10.0. The number of hydrogen-bond donors (Lipinski definition) is 2. The molecule has 1 aromatic carbocycles. The molecule has 0 aliphatic carbocycles. The summed E-state index contributed by atoms with van der Waals surface area (Å²) < 4.78 is 13.2. The average Bonchev–Trinajstić information content (AvgIpc) is 3.26. The summed E-state index contributed by atoms with van der Waals surface area (Å²) in [6.45, 7) is 4.99. The third-order valence-corrected chi connectivity index (χ3v) is 5.05. The topological polar surface area (TPSA) is 60.6 Å². The maximum absolute atomic E-state index is 13.2. The normalized spacial score (nSPS) is 18.6. The minimum atomic E-state index is -0.216. The van der Waals surface area contributed by atoms with Crippen molar-refractivity contribution in [3.05, 3.63) is 59.7 Å². The fourth-order valence-corrected chi connectivity index (χ4v) is 3.66. The SMILES string of the molecule is Cc1[nH]cnc1CN1CCC[C@H](c2[nH]ncc2-c2ccc(F)cc2)C1.